The minimum Gasteiger partial charge on any atom is -0.384 e. The van der Waals surface area contributed by atoms with Crippen molar-refractivity contribution in [3.05, 3.63) is 18.1 Å². The molecule has 0 radical (unpaired) electrons. The van der Waals surface area contributed by atoms with Gasteiger partial charge < -0.3 is 10.4 Å². The lowest BCUT2D eigenvalue weighted by molar-refractivity contribution is 0.350. The van der Waals surface area contributed by atoms with E-state index in [0.717, 1.165) is 11.4 Å². The van der Waals surface area contributed by atoms with Gasteiger partial charge in [0.2, 0.25) is 0 Å². The highest BCUT2D eigenvalue weighted by atomic mass is 16.2. The second kappa shape index (κ2) is 5.47. The highest BCUT2D eigenvalue weighted by molar-refractivity contribution is 5.52. The van der Waals surface area contributed by atoms with E-state index in [1.54, 1.807) is 6.20 Å². The quantitative estimate of drug-likeness (QED) is 0.730. The molecule has 1 aliphatic carbocycles. The van der Waals surface area contributed by atoms with Crippen molar-refractivity contribution >= 4 is 5.82 Å². The van der Waals surface area contributed by atoms with E-state index in [4.69, 9.17) is 5.11 Å². The summed E-state index contributed by atoms with van der Waals surface area (Å²) in [5.41, 5.74) is 0.753. The van der Waals surface area contributed by atoms with Crippen molar-refractivity contribution in [2.24, 2.45) is 0 Å². The summed E-state index contributed by atoms with van der Waals surface area (Å²) in [5, 5.41) is 12.1. The zero-order valence-corrected chi connectivity index (χ0v) is 9.11. The molecule has 1 heterocycles. The van der Waals surface area contributed by atoms with Crippen LogP contribution >= 0.6 is 0 Å². The van der Waals surface area contributed by atoms with Gasteiger partial charge >= 0.3 is 0 Å². The SMILES string of the molecule is OCC#Cc1cncnc1NC1CCCC1. The van der Waals surface area contributed by atoms with Crippen molar-refractivity contribution < 1.29 is 5.11 Å². The standard InChI is InChI=1S/C12H15N3O/c16-7-3-4-10-8-13-9-14-12(10)15-11-5-1-2-6-11/h8-9,11,16H,1-2,5-7H2,(H,13,14,15). The third kappa shape index (κ3) is 2.71. The maximum Gasteiger partial charge on any atom is 0.145 e. The molecule has 2 N–H and O–H groups in total. The minimum absolute atomic E-state index is 0.141. The van der Waals surface area contributed by atoms with E-state index in [9.17, 15) is 0 Å². The molecule has 0 unspecified atom stereocenters. The molecule has 16 heavy (non-hydrogen) atoms. The number of hydrogen-bond acceptors (Lipinski definition) is 4. The van der Waals surface area contributed by atoms with Gasteiger partial charge in [-0.3, -0.25) is 0 Å². The van der Waals surface area contributed by atoms with Crippen LogP contribution in [-0.4, -0.2) is 27.7 Å². The van der Waals surface area contributed by atoms with Crippen LogP contribution < -0.4 is 5.32 Å². The molecule has 1 saturated carbocycles. The molecule has 1 aliphatic rings. The second-order valence-electron chi connectivity index (χ2n) is 3.87. The van der Waals surface area contributed by atoms with Gasteiger partial charge in [-0.15, -0.1) is 0 Å². The third-order valence-electron chi connectivity index (χ3n) is 2.71. The number of rotatable bonds is 2. The summed E-state index contributed by atoms with van der Waals surface area (Å²) in [5.74, 6) is 6.25. The van der Waals surface area contributed by atoms with Crippen LogP contribution in [0.15, 0.2) is 12.5 Å². The Kier molecular flexibility index (Phi) is 3.73. The Balaban J connectivity index is 2.12. The monoisotopic (exact) mass is 217 g/mol. The molecule has 1 fully saturated rings. The molecule has 2 rings (SSSR count). The van der Waals surface area contributed by atoms with E-state index in [1.165, 1.54) is 32.0 Å². The van der Waals surface area contributed by atoms with E-state index in [-0.39, 0.29) is 6.61 Å². The molecule has 1 aromatic heterocycles. The highest BCUT2D eigenvalue weighted by Crippen LogP contribution is 2.22. The molecule has 4 nitrogen and oxygen atoms in total. The van der Waals surface area contributed by atoms with Gasteiger partial charge in [-0.05, 0) is 12.8 Å². The first-order valence-corrected chi connectivity index (χ1v) is 5.56. The molecule has 0 atom stereocenters. The predicted octanol–water partition coefficient (Wildman–Crippen LogP) is 1.17. The Labute approximate surface area is 95.1 Å². The van der Waals surface area contributed by atoms with Gasteiger partial charge in [0.05, 0.1) is 5.56 Å². The fourth-order valence-electron chi connectivity index (χ4n) is 1.93. The molecule has 0 spiro atoms. The normalized spacial score (nSPS) is 15.6. The predicted molar refractivity (Wildman–Crippen MR) is 61.9 cm³/mol. The van der Waals surface area contributed by atoms with Crippen molar-refractivity contribution in [2.75, 3.05) is 11.9 Å². The summed E-state index contributed by atoms with van der Waals surface area (Å²) >= 11 is 0. The van der Waals surface area contributed by atoms with Gasteiger partial charge in [0, 0.05) is 12.2 Å². The third-order valence-corrected chi connectivity index (χ3v) is 2.71. The Morgan fingerprint density at radius 1 is 1.44 bits per heavy atom. The minimum atomic E-state index is -0.141. The van der Waals surface area contributed by atoms with Gasteiger partial charge in [0.1, 0.15) is 18.8 Å². The van der Waals surface area contributed by atoms with Crippen LogP contribution in [0.3, 0.4) is 0 Å². The van der Waals surface area contributed by atoms with Crippen molar-refractivity contribution in [2.45, 2.75) is 31.7 Å². The topological polar surface area (TPSA) is 58.0 Å². The summed E-state index contributed by atoms with van der Waals surface area (Å²) in [7, 11) is 0. The first-order valence-electron chi connectivity index (χ1n) is 5.56. The lowest BCUT2D eigenvalue weighted by atomic mass is 10.2. The van der Waals surface area contributed by atoms with Crippen LogP contribution in [0.4, 0.5) is 5.82 Å². The lowest BCUT2D eigenvalue weighted by Crippen LogP contribution is -2.16. The molecule has 0 amide bonds. The van der Waals surface area contributed by atoms with Gasteiger partial charge in [-0.25, -0.2) is 9.97 Å². The number of anilines is 1. The maximum absolute atomic E-state index is 8.67. The molecule has 0 aromatic carbocycles. The Morgan fingerprint density at radius 3 is 3.00 bits per heavy atom. The Bertz CT molecular complexity index is 402. The maximum atomic E-state index is 8.67. The molecule has 84 valence electrons. The summed E-state index contributed by atoms with van der Waals surface area (Å²) in [6.07, 6.45) is 8.13. The molecule has 0 bridgehead atoms. The van der Waals surface area contributed by atoms with Gasteiger partial charge in [0.25, 0.3) is 0 Å². The van der Waals surface area contributed by atoms with Gasteiger partial charge in [0.15, 0.2) is 0 Å². The zero-order chi connectivity index (χ0) is 11.2. The van der Waals surface area contributed by atoms with Crippen LogP contribution in [0, 0.1) is 11.8 Å². The van der Waals surface area contributed by atoms with E-state index in [1.807, 2.05) is 0 Å². The highest BCUT2D eigenvalue weighted by Gasteiger charge is 2.15. The Hall–Kier alpha value is -1.60. The first-order chi connectivity index (χ1) is 7.90. The first kappa shape index (κ1) is 10.9. The summed E-state index contributed by atoms with van der Waals surface area (Å²) in [4.78, 5) is 8.13. The van der Waals surface area contributed by atoms with E-state index >= 15 is 0 Å². The summed E-state index contributed by atoms with van der Waals surface area (Å²) < 4.78 is 0. The van der Waals surface area contributed by atoms with Crippen molar-refractivity contribution in [3.8, 4) is 11.8 Å². The average molecular weight is 217 g/mol. The largest absolute Gasteiger partial charge is 0.384 e. The molecule has 0 aliphatic heterocycles. The number of nitrogens with zero attached hydrogens (tertiary/aromatic N) is 2. The second-order valence-corrected chi connectivity index (χ2v) is 3.87. The van der Waals surface area contributed by atoms with E-state index in [2.05, 4.69) is 27.1 Å². The molecule has 1 aromatic rings. The van der Waals surface area contributed by atoms with Crippen molar-refractivity contribution in [1.82, 2.24) is 9.97 Å². The van der Waals surface area contributed by atoms with E-state index in [0.29, 0.717) is 6.04 Å². The van der Waals surface area contributed by atoms with Crippen LogP contribution in [0.25, 0.3) is 0 Å². The van der Waals surface area contributed by atoms with Gasteiger partial charge in [-0.1, -0.05) is 24.7 Å². The summed E-state index contributed by atoms with van der Waals surface area (Å²) in [6.45, 7) is -0.141. The lowest BCUT2D eigenvalue weighted by Gasteiger charge is -2.13. The van der Waals surface area contributed by atoms with Crippen molar-refractivity contribution in [1.29, 1.82) is 0 Å². The number of aliphatic hydroxyl groups excluding tert-OH is 1. The van der Waals surface area contributed by atoms with Crippen LogP contribution in [0.5, 0.6) is 0 Å². The van der Waals surface area contributed by atoms with Crippen LogP contribution in [0.1, 0.15) is 31.2 Å². The molecule has 0 saturated heterocycles. The van der Waals surface area contributed by atoms with Crippen molar-refractivity contribution in [3.63, 3.8) is 0 Å². The number of aliphatic hydroxyl groups is 1. The van der Waals surface area contributed by atoms with E-state index < -0.39 is 0 Å². The molecule has 4 heteroatoms. The summed E-state index contributed by atoms with van der Waals surface area (Å²) in [6, 6.07) is 0.504. The van der Waals surface area contributed by atoms with Crippen LogP contribution in [-0.2, 0) is 0 Å². The molecular formula is C12H15N3O. The fraction of sp³-hybridized carbons (Fsp3) is 0.500. The molecular weight excluding hydrogens is 202 g/mol. The number of hydrogen-bond donors (Lipinski definition) is 2. The van der Waals surface area contributed by atoms with Gasteiger partial charge in [-0.2, -0.15) is 0 Å². The van der Waals surface area contributed by atoms with Crippen LogP contribution in [0.2, 0.25) is 0 Å². The number of aromatic nitrogens is 2. The Morgan fingerprint density at radius 2 is 2.25 bits per heavy atom. The smallest absolute Gasteiger partial charge is 0.145 e. The average Bonchev–Trinajstić information content (AvgIpc) is 2.81. The fourth-order valence-corrected chi connectivity index (χ4v) is 1.93. The number of nitrogens with one attached hydrogen (secondary N) is 1. The zero-order valence-electron chi connectivity index (χ0n) is 9.11.